The van der Waals surface area contributed by atoms with E-state index in [1.165, 1.54) is 0 Å². The van der Waals surface area contributed by atoms with Crippen molar-refractivity contribution in [2.24, 2.45) is 11.8 Å². The zero-order chi connectivity index (χ0) is 23.6. The van der Waals surface area contributed by atoms with Crippen molar-refractivity contribution in [3.63, 3.8) is 0 Å². The highest BCUT2D eigenvalue weighted by Crippen LogP contribution is 2.43. The lowest BCUT2D eigenvalue weighted by molar-refractivity contribution is -0.152. The van der Waals surface area contributed by atoms with Crippen molar-refractivity contribution in [3.8, 4) is 0 Å². The Balaban J connectivity index is 1.54. The molecular formula is C26H36N2O5. The Bertz CT molecular complexity index is 884. The third-order valence-corrected chi connectivity index (χ3v) is 7.51. The minimum Gasteiger partial charge on any atom is -0.466 e. The number of hydrogen-bond donors (Lipinski definition) is 0. The van der Waals surface area contributed by atoms with Crippen LogP contribution in [0.5, 0.6) is 0 Å². The summed E-state index contributed by atoms with van der Waals surface area (Å²) in [7, 11) is 0. The Labute approximate surface area is 196 Å². The van der Waals surface area contributed by atoms with Crippen molar-refractivity contribution in [1.29, 1.82) is 0 Å². The van der Waals surface area contributed by atoms with E-state index >= 15 is 0 Å². The molecule has 1 atom stereocenters. The highest BCUT2D eigenvalue weighted by Gasteiger charge is 2.54. The molecule has 3 fully saturated rings. The number of piperidine rings is 1. The number of likely N-dealkylation sites (tertiary alicyclic amines) is 1. The van der Waals surface area contributed by atoms with Gasteiger partial charge in [-0.05, 0) is 70.4 Å². The Morgan fingerprint density at radius 2 is 1.82 bits per heavy atom. The van der Waals surface area contributed by atoms with Crippen molar-refractivity contribution in [2.75, 3.05) is 26.3 Å². The first kappa shape index (κ1) is 23.7. The largest absolute Gasteiger partial charge is 0.466 e. The molecule has 1 aromatic carbocycles. The van der Waals surface area contributed by atoms with Crippen LogP contribution in [0.15, 0.2) is 24.3 Å². The fourth-order valence-corrected chi connectivity index (χ4v) is 5.49. The molecule has 4 rings (SSSR count). The van der Waals surface area contributed by atoms with Gasteiger partial charge in [-0.15, -0.1) is 0 Å². The molecule has 3 aliphatic rings. The smallest absolute Gasteiger partial charge is 0.309 e. The summed E-state index contributed by atoms with van der Waals surface area (Å²) < 4.78 is 11.5. The Kier molecular flexibility index (Phi) is 7.07. The predicted octanol–water partition coefficient (Wildman–Crippen LogP) is 3.54. The molecule has 1 spiro atoms. The summed E-state index contributed by atoms with van der Waals surface area (Å²) in [6.07, 6.45) is 4.63. The van der Waals surface area contributed by atoms with E-state index in [4.69, 9.17) is 9.47 Å². The van der Waals surface area contributed by atoms with Gasteiger partial charge in [0.25, 0.3) is 5.91 Å². The highest BCUT2D eigenvalue weighted by atomic mass is 16.5. The highest BCUT2D eigenvalue weighted by molar-refractivity contribution is 5.98. The molecule has 0 bridgehead atoms. The number of hydrogen-bond acceptors (Lipinski definition) is 5. The van der Waals surface area contributed by atoms with Crippen molar-refractivity contribution < 1.29 is 23.9 Å². The maximum absolute atomic E-state index is 13.8. The van der Waals surface area contributed by atoms with E-state index in [-0.39, 0.29) is 30.3 Å². The number of benzene rings is 1. The molecule has 1 saturated carbocycles. The number of amides is 2. The van der Waals surface area contributed by atoms with Gasteiger partial charge in [0, 0.05) is 18.7 Å². The number of ether oxygens (including phenoxy) is 2. The fraction of sp³-hybridized carbons (Fsp3) is 0.654. The Hall–Kier alpha value is -2.41. The van der Waals surface area contributed by atoms with Crippen LogP contribution in [0.3, 0.4) is 0 Å². The minimum absolute atomic E-state index is 0.0752. The van der Waals surface area contributed by atoms with Crippen LogP contribution in [-0.4, -0.2) is 65.7 Å². The van der Waals surface area contributed by atoms with Crippen LogP contribution in [0.25, 0.3) is 0 Å². The van der Waals surface area contributed by atoms with Crippen molar-refractivity contribution in [3.05, 3.63) is 35.4 Å². The summed E-state index contributed by atoms with van der Waals surface area (Å²) in [6.45, 7) is 7.58. The van der Waals surface area contributed by atoms with E-state index in [1.54, 1.807) is 16.7 Å². The van der Waals surface area contributed by atoms with Crippen LogP contribution >= 0.6 is 0 Å². The second-order valence-corrected chi connectivity index (χ2v) is 9.85. The van der Waals surface area contributed by atoms with E-state index in [0.717, 1.165) is 31.2 Å². The van der Waals surface area contributed by atoms with Gasteiger partial charge in [-0.2, -0.15) is 0 Å². The molecule has 1 unspecified atom stereocenters. The molecule has 0 aromatic heterocycles. The van der Waals surface area contributed by atoms with E-state index < -0.39 is 11.8 Å². The van der Waals surface area contributed by atoms with E-state index in [9.17, 15) is 14.4 Å². The zero-order valence-electron chi connectivity index (χ0n) is 20.0. The molecule has 1 aromatic rings. The van der Waals surface area contributed by atoms with Gasteiger partial charge in [-0.1, -0.05) is 24.6 Å². The van der Waals surface area contributed by atoms with Gasteiger partial charge >= 0.3 is 5.97 Å². The fourth-order valence-electron chi connectivity index (χ4n) is 5.49. The first-order valence-corrected chi connectivity index (χ1v) is 12.3. The number of esters is 1. The van der Waals surface area contributed by atoms with Crippen molar-refractivity contribution in [2.45, 2.75) is 71.1 Å². The normalized spacial score (nSPS) is 28.2. The first-order valence-electron chi connectivity index (χ1n) is 12.3. The number of rotatable bonds is 4. The topological polar surface area (TPSA) is 76.2 Å². The van der Waals surface area contributed by atoms with Gasteiger partial charge in [0.05, 0.1) is 19.1 Å². The predicted molar refractivity (Wildman–Crippen MR) is 123 cm³/mol. The molecule has 2 amide bonds. The Morgan fingerprint density at radius 3 is 2.45 bits per heavy atom. The van der Waals surface area contributed by atoms with E-state index in [1.807, 2.05) is 31.2 Å². The molecule has 2 aliphatic heterocycles. The summed E-state index contributed by atoms with van der Waals surface area (Å²) in [4.78, 5) is 43.1. The van der Waals surface area contributed by atoms with Crippen LogP contribution in [0.4, 0.5) is 0 Å². The summed E-state index contributed by atoms with van der Waals surface area (Å²) in [6, 6.07) is 6.91. The SMILES string of the molecule is CCOC(=O)C1CCN(C(=O)C2COC3(CCC(C)CC3)N2C(=O)c2cccc(C)c2)CC1. The lowest BCUT2D eigenvalue weighted by Gasteiger charge is -2.44. The molecule has 2 saturated heterocycles. The lowest BCUT2D eigenvalue weighted by Crippen LogP contribution is -2.58. The summed E-state index contributed by atoms with van der Waals surface area (Å²) in [5, 5.41) is 0. The quantitative estimate of drug-likeness (QED) is 0.648. The van der Waals surface area contributed by atoms with Gasteiger partial charge in [0.1, 0.15) is 11.8 Å². The Morgan fingerprint density at radius 1 is 1.12 bits per heavy atom. The van der Waals surface area contributed by atoms with Gasteiger partial charge in [-0.3, -0.25) is 19.3 Å². The maximum Gasteiger partial charge on any atom is 0.309 e. The second-order valence-electron chi connectivity index (χ2n) is 9.85. The van der Waals surface area contributed by atoms with E-state index in [2.05, 4.69) is 6.92 Å². The van der Waals surface area contributed by atoms with E-state index in [0.29, 0.717) is 44.0 Å². The lowest BCUT2D eigenvalue weighted by atomic mass is 9.83. The average molecular weight is 457 g/mol. The maximum atomic E-state index is 13.8. The second kappa shape index (κ2) is 9.84. The standard InChI is InChI=1S/C26H36N2O5/c1-4-32-25(31)20-10-14-27(15-11-20)24(30)22-17-33-26(12-8-18(2)9-13-26)28(22)23(29)21-7-5-6-19(3)16-21/h5-7,16,18,20,22H,4,8-15,17H2,1-3H3. The molecule has 180 valence electrons. The zero-order valence-corrected chi connectivity index (χ0v) is 20.0. The van der Waals surface area contributed by atoms with Crippen molar-refractivity contribution >= 4 is 17.8 Å². The van der Waals surface area contributed by atoms with Gasteiger partial charge in [0.2, 0.25) is 5.91 Å². The molecule has 7 heteroatoms. The number of aryl methyl sites for hydroxylation is 1. The molecule has 7 nitrogen and oxygen atoms in total. The van der Waals surface area contributed by atoms with Crippen LogP contribution in [0.1, 0.15) is 68.3 Å². The number of nitrogens with zero attached hydrogens (tertiary/aromatic N) is 2. The number of carbonyl (C=O) groups is 3. The van der Waals surface area contributed by atoms with Crippen LogP contribution in [0.2, 0.25) is 0 Å². The molecular weight excluding hydrogens is 420 g/mol. The van der Waals surface area contributed by atoms with Crippen LogP contribution in [0, 0.1) is 18.8 Å². The van der Waals surface area contributed by atoms with Gasteiger partial charge in [-0.25, -0.2) is 0 Å². The minimum atomic E-state index is -0.711. The molecule has 2 heterocycles. The number of carbonyl (C=O) groups excluding carboxylic acids is 3. The van der Waals surface area contributed by atoms with Crippen molar-refractivity contribution in [1.82, 2.24) is 9.80 Å². The monoisotopic (exact) mass is 456 g/mol. The summed E-state index contributed by atoms with van der Waals surface area (Å²) in [5.41, 5.74) is 0.894. The summed E-state index contributed by atoms with van der Waals surface area (Å²) in [5.74, 6) is 0.0384. The third kappa shape index (κ3) is 4.79. The van der Waals surface area contributed by atoms with Crippen LogP contribution in [-0.2, 0) is 19.1 Å². The third-order valence-electron chi connectivity index (χ3n) is 7.51. The molecule has 33 heavy (non-hydrogen) atoms. The van der Waals surface area contributed by atoms with Gasteiger partial charge in [0.15, 0.2) is 0 Å². The molecule has 1 aliphatic carbocycles. The molecule has 0 N–H and O–H groups in total. The first-order chi connectivity index (χ1) is 15.8. The van der Waals surface area contributed by atoms with Gasteiger partial charge < -0.3 is 14.4 Å². The average Bonchev–Trinajstić information content (AvgIpc) is 3.19. The van der Waals surface area contributed by atoms with Crippen LogP contribution < -0.4 is 0 Å². The summed E-state index contributed by atoms with van der Waals surface area (Å²) >= 11 is 0. The molecule has 0 radical (unpaired) electrons.